The Labute approximate surface area is 111 Å². The number of fused-ring (bicyclic) bond motifs is 1. The molecule has 5 nitrogen and oxygen atoms in total. The third-order valence-electron chi connectivity index (χ3n) is 2.18. The smallest absolute Gasteiger partial charge is 0.303 e. The number of carboxylic acid groups (broad SMARTS) is 1. The van der Waals surface area contributed by atoms with Crippen LogP contribution in [-0.2, 0) is 9.59 Å². The number of carbonyl (C=O) groups is 2. The van der Waals surface area contributed by atoms with E-state index in [2.05, 4.69) is 10.3 Å². The number of nitrogens with zero attached hydrogens (tertiary/aromatic N) is 1. The van der Waals surface area contributed by atoms with Crippen LogP contribution in [0.1, 0.15) is 12.8 Å². The lowest BCUT2D eigenvalue weighted by molar-refractivity contribution is -0.138. The van der Waals surface area contributed by atoms with Gasteiger partial charge in [0.2, 0.25) is 5.91 Å². The van der Waals surface area contributed by atoms with Gasteiger partial charge in [0.15, 0.2) is 5.13 Å². The van der Waals surface area contributed by atoms with Crippen LogP contribution >= 0.6 is 22.9 Å². The maximum Gasteiger partial charge on any atom is 0.303 e. The van der Waals surface area contributed by atoms with Crippen LogP contribution in [0.3, 0.4) is 0 Å². The Bertz CT molecular complexity index is 611. The van der Waals surface area contributed by atoms with Crippen molar-refractivity contribution in [2.24, 2.45) is 0 Å². The van der Waals surface area contributed by atoms with Crippen LogP contribution in [-0.4, -0.2) is 22.0 Å². The summed E-state index contributed by atoms with van der Waals surface area (Å²) < 4.78 is 0.871. The fraction of sp³-hybridized carbons (Fsp3) is 0.182. The van der Waals surface area contributed by atoms with Gasteiger partial charge in [0.25, 0.3) is 0 Å². The number of anilines is 1. The Kier molecular flexibility index (Phi) is 3.78. The van der Waals surface area contributed by atoms with Gasteiger partial charge in [-0.15, -0.1) is 0 Å². The maximum absolute atomic E-state index is 11.4. The van der Waals surface area contributed by atoms with Gasteiger partial charge >= 0.3 is 5.97 Å². The fourth-order valence-corrected chi connectivity index (χ4v) is 2.55. The van der Waals surface area contributed by atoms with Gasteiger partial charge in [-0.3, -0.25) is 9.59 Å². The van der Waals surface area contributed by atoms with Crippen molar-refractivity contribution >= 4 is 50.2 Å². The highest BCUT2D eigenvalue weighted by atomic mass is 35.5. The summed E-state index contributed by atoms with van der Waals surface area (Å²) in [6.07, 6.45) is -0.267. The first kappa shape index (κ1) is 12.8. The summed E-state index contributed by atoms with van der Waals surface area (Å²) in [4.78, 5) is 26.0. The highest BCUT2D eigenvalue weighted by Gasteiger charge is 2.10. The molecule has 1 aromatic heterocycles. The Balaban J connectivity index is 2.10. The van der Waals surface area contributed by atoms with E-state index in [1.54, 1.807) is 12.1 Å². The molecule has 0 aliphatic heterocycles. The van der Waals surface area contributed by atoms with Gasteiger partial charge < -0.3 is 10.4 Å². The lowest BCUT2D eigenvalue weighted by atomic mass is 10.3. The van der Waals surface area contributed by atoms with Gasteiger partial charge in [-0.2, -0.15) is 0 Å². The van der Waals surface area contributed by atoms with Crippen molar-refractivity contribution in [1.82, 2.24) is 4.98 Å². The van der Waals surface area contributed by atoms with Gasteiger partial charge in [-0.25, -0.2) is 4.98 Å². The van der Waals surface area contributed by atoms with Crippen LogP contribution < -0.4 is 5.32 Å². The van der Waals surface area contributed by atoms with Gasteiger partial charge in [0, 0.05) is 6.42 Å². The quantitative estimate of drug-likeness (QED) is 0.905. The number of amides is 1. The van der Waals surface area contributed by atoms with Gasteiger partial charge in [-0.1, -0.05) is 29.0 Å². The standard InChI is InChI=1S/C11H9ClN2O3S/c12-6-2-1-3-7-10(6)14-11(18-7)13-8(15)4-5-9(16)17/h1-3H,4-5H2,(H,16,17)(H,13,14,15). The second kappa shape index (κ2) is 5.32. The molecule has 0 aliphatic rings. The summed E-state index contributed by atoms with van der Waals surface area (Å²) in [5, 5.41) is 12.0. The third-order valence-corrected chi connectivity index (χ3v) is 3.42. The van der Waals surface area contributed by atoms with E-state index in [4.69, 9.17) is 16.7 Å². The van der Waals surface area contributed by atoms with Crippen molar-refractivity contribution < 1.29 is 14.7 Å². The zero-order valence-corrected chi connectivity index (χ0v) is 10.7. The van der Waals surface area contributed by atoms with Crippen LogP contribution in [0.2, 0.25) is 5.02 Å². The molecule has 2 N–H and O–H groups in total. The minimum absolute atomic E-state index is 0.0704. The van der Waals surface area contributed by atoms with Crippen LogP contribution in [0.4, 0.5) is 5.13 Å². The Morgan fingerprint density at radius 1 is 1.39 bits per heavy atom. The number of benzene rings is 1. The highest BCUT2D eigenvalue weighted by Crippen LogP contribution is 2.30. The number of carbonyl (C=O) groups excluding carboxylic acids is 1. The van der Waals surface area contributed by atoms with Gasteiger partial charge in [0.05, 0.1) is 16.1 Å². The number of aliphatic carboxylic acids is 1. The second-order valence-corrected chi connectivity index (χ2v) is 4.99. The zero-order valence-electron chi connectivity index (χ0n) is 9.14. The number of halogens is 1. The predicted molar refractivity (Wildman–Crippen MR) is 70.1 cm³/mol. The van der Waals surface area contributed by atoms with E-state index >= 15 is 0 Å². The van der Waals surface area contributed by atoms with E-state index < -0.39 is 5.97 Å². The molecule has 1 aromatic carbocycles. The van der Waals surface area contributed by atoms with E-state index in [1.165, 1.54) is 11.3 Å². The highest BCUT2D eigenvalue weighted by molar-refractivity contribution is 7.22. The van der Waals surface area contributed by atoms with E-state index in [0.717, 1.165) is 4.70 Å². The number of carboxylic acids is 1. The SMILES string of the molecule is O=C(O)CCC(=O)Nc1nc2c(Cl)cccc2s1. The van der Waals surface area contributed by atoms with Crippen molar-refractivity contribution in [3.05, 3.63) is 23.2 Å². The monoisotopic (exact) mass is 284 g/mol. The molecular weight excluding hydrogens is 276 g/mol. The Hall–Kier alpha value is -1.66. The van der Waals surface area contributed by atoms with Crippen LogP contribution in [0, 0.1) is 0 Å². The molecule has 2 aromatic rings. The van der Waals surface area contributed by atoms with Gasteiger partial charge in [-0.05, 0) is 12.1 Å². The number of nitrogens with one attached hydrogen (secondary N) is 1. The second-order valence-electron chi connectivity index (χ2n) is 3.55. The Morgan fingerprint density at radius 3 is 2.83 bits per heavy atom. The summed E-state index contributed by atoms with van der Waals surface area (Å²) in [7, 11) is 0. The molecule has 94 valence electrons. The summed E-state index contributed by atoms with van der Waals surface area (Å²) in [6, 6.07) is 5.38. The number of rotatable bonds is 4. The molecule has 0 saturated heterocycles. The number of para-hydroxylation sites is 1. The first-order valence-electron chi connectivity index (χ1n) is 5.13. The summed E-state index contributed by atoms with van der Waals surface area (Å²) in [6.45, 7) is 0. The van der Waals surface area contributed by atoms with Crippen LogP contribution in [0.15, 0.2) is 18.2 Å². The van der Waals surface area contributed by atoms with E-state index in [-0.39, 0.29) is 18.7 Å². The van der Waals surface area contributed by atoms with E-state index in [9.17, 15) is 9.59 Å². The normalized spacial score (nSPS) is 10.5. The number of hydrogen-bond donors (Lipinski definition) is 2. The molecular formula is C11H9ClN2O3S. The molecule has 1 amide bonds. The lowest BCUT2D eigenvalue weighted by Gasteiger charge is -1.98. The first-order chi connectivity index (χ1) is 8.56. The van der Waals surface area contributed by atoms with Crippen LogP contribution in [0.5, 0.6) is 0 Å². The number of aromatic nitrogens is 1. The lowest BCUT2D eigenvalue weighted by Crippen LogP contribution is -2.12. The zero-order chi connectivity index (χ0) is 13.1. The molecule has 0 saturated carbocycles. The minimum atomic E-state index is -1.00. The molecule has 0 unspecified atom stereocenters. The molecule has 0 fully saturated rings. The first-order valence-corrected chi connectivity index (χ1v) is 6.32. The molecule has 0 radical (unpaired) electrons. The molecule has 1 heterocycles. The summed E-state index contributed by atoms with van der Waals surface area (Å²) >= 11 is 7.26. The van der Waals surface area contributed by atoms with Gasteiger partial charge in [0.1, 0.15) is 5.52 Å². The molecule has 0 spiro atoms. The summed E-state index contributed by atoms with van der Waals surface area (Å²) in [5.74, 6) is -1.37. The third kappa shape index (κ3) is 2.96. The van der Waals surface area contributed by atoms with E-state index in [1.807, 2.05) is 6.07 Å². The average Bonchev–Trinajstić information content (AvgIpc) is 2.70. The molecule has 2 rings (SSSR count). The van der Waals surface area contributed by atoms with E-state index in [0.29, 0.717) is 15.7 Å². The molecule has 7 heteroatoms. The summed E-state index contributed by atoms with van der Waals surface area (Å²) in [5.41, 5.74) is 0.637. The fourth-order valence-electron chi connectivity index (χ4n) is 1.37. The Morgan fingerprint density at radius 2 is 2.17 bits per heavy atom. The van der Waals surface area contributed by atoms with Crippen LogP contribution in [0.25, 0.3) is 10.2 Å². The predicted octanol–water partition coefficient (Wildman–Crippen LogP) is 2.75. The number of hydrogen-bond acceptors (Lipinski definition) is 4. The van der Waals surface area contributed by atoms with Crippen molar-refractivity contribution in [3.63, 3.8) is 0 Å². The average molecular weight is 285 g/mol. The van der Waals surface area contributed by atoms with Crippen molar-refractivity contribution in [2.75, 3.05) is 5.32 Å². The molecule has 0 aliphatic carbocycles. The molecule has 0 atom stereocenters. The molecule has 0 bridgehead atoms. The van der Waals surface area contributed by atoms with Crippen molar-refractivity contribution in [3.8, 4) is 0 Å². The van der Waals surface area contributed by atoms with Crippen molar-refractivity contribution in [2.45, 2.75) is 12.8 Å². The maximum atomic E-state index is 11.4. The van der Waals surface area contributed by atoms with Crippen molar-refractivity contribution in [1.29, 1.82) is 0 Å². The molecule has 18 heavy (non-hydrogen) atoms. The minimum Gasteiger partial charge on any atom is -0.481 e. The largest absolute Gasteiger partial charge is 0.481 e. The topological polar surface area (TPSA) is 79.3 Å². The number of thiazole rings is 1.